The van der Waals surface area contributed by atoms with Crippen molar-refractivity contribution in [3.8, 4) is 0 Å². The van der Waals surface area contributed by atoms with Gasteiger partial charge >= 0.3 is 6.16 Å². The van der Waals surface area contributed by atoms with E-state index >= 15 is 0 Å². The average molecular weight is 280 g/mol. The third-order valence-electron chi connectivity index (χ3n) is 2.41. The predicted molar refractivity (Wildman–Crippen MR) is 75.3 cm³/mol. The van der Waals surface area contributed by atoms with Crippen LogP contribution >= 0.6 is 0 Å². The lowest BCUT2D eigenvalue weighted by atomic mass is 10.2. The summed E-state index contributed by atoms with van der Waals surface area (Å²) in [5, 5.41) is 0. The highest BCUT2D eigenvalue weighted by Gasteiger charge is 2.06. The van der Waals surface area contributed by atoms with Crippen molar-refractivity contribution in [1.82, 2.24) is 0 Å². The Morgan fingerprint density at radius 3 is 2.70 bits per heavy atom. The Kier molecular flexibility index (Phi) is 7.83. The van der Waals surface area contributed by atoms with Gasteiger partial charge in [-0.3, -0.25) is 0 Å². The third-order valence-corrected chi connectivity index (χ3v) is 2.41. The lowest BCUT2D eigenvalue weighted by Gasteiger charge is -2.05. The SMILES string of the molecule is COCCCCN=C(N)OC(=O)OCc1ccccc1. The molecule has 1 aromatic rings. The van der Waals surface area contributed by atoms with Crippen LogP contribution in [0.2, 0.25) is 0 Å². The number of methoxy groups -OCH3 is 1. The smallest absolute Gasteiger partial charge is 0.429 e. The molecule has 1 rings (SSSR count). The van der Waals surface area contributed by atoms with Crippen molar-refractivity contribution >= 4 is 12.2 Å². The van der Waals surface area contributed by atoms with E-state index in [1.54, 1.807) is 7.11 Å². The number of rotatable bonds is 7. The molecule has 0 aromatic heterocycles. The first kappa shape index (κ1) is 16.0. The number of hydrogen-bond donors (Lipinski definition) is 1. The van der Waals surface area contributed by atoms with E-state index in [2.05, 4.69) is 4.99 Å². The van der Waals surface area contributed by atoms with Crippen molar-refractivity contribution in [1.29, 1.82) is 0 Å². The molecule has 0 unspecified atom stereocenters. The van der Waals surface area contributed by atoms with Crippen LogP contribution in [0.3, 0.4) is 0 Å². The van der Waals surface area contributed by atoms with E-state index in [9.17, 15) is 4.79 Å². The van der Waals surface area contributed by atoms with Crippen LogP contribution in [0.4, 0.5) is 4.79 Å². The number of ether oxygens (including phenoxy) is 3. The Balaban J connectivity index is 2.19. The summed E-state index contributed by atoms with van der Waals surface area (Å²) in [5.74, 6) is 0. The van der Waals surface area contributed by atoms with Gasteiger partial charge in [0.05, 0.1) is 0 Å². The van der Waals surface area contributed by atoms with Crippen LogP contribution < -0.4 is 5.73 Å². The first-order chi connectivity index (χ1) is 9.72. The molecule has 0 amide bonds. The number of nitrogens with zero attached hydrogens (tertiary/aromatic N) is 1. The van der Waals surface area contributed by atoms with Crippen LogP contribution in [0, 0.1) is 0 Å². The molecule has 0 atom stereocenters. The fourth-order valence-electron chi connectivity index (χ4n) is 1.41. The molecule has 0 aliphatic carbocycles. The Bertz CT molecular complexity index is 420. The minimum atomic E-state index is -0.855. The molecule has 6 nitrogen and oxygen atoms in total. The van der Waals surface area contributed by atoms with Gasteiger partial charge < -0.3 is 19.9 Å². The lowest BCUT2D eigenvalue weighted by molar-refractivity contribution is 0.0885. The molecule has 0 fully saturated rings. The molecule has 0 aliphatic rings. The zero-order chi connectivity index (χ0) is 14.6. The Labute approximate surface area is 118 Å². The number of unbranched alkanes of at least 4 members (excludes halogenated alkanes) is 1. The zero-order valence-electron chi connectivity index (χ0n) is 11.6. The molecule has 0 saturated heterocycles. The lowest BCUT2D eigenvalue weighted by Crippen LogP contribution is -2.22. The van der Waals surface area contributed by atoms with Gasteiger partial charge in [0, 0.05) is 20.3 Å². The van der Waals surface area contributed by atoms with Crippen LogP contribution in [-0.2, 0) is 20.8 Å². The summed E-state index contributed by atoms with van der Waals surface area (Å²) in [4.78, 5) is 15.2. The summed E-state index contributed by atoms with van der Waals surface area (Å²) in [6.45, 7) is 1.30. The molecule has 0 aliphatic heterocycles. The standard InChI is InChI=1S/C14H20N2O4/c1-18-10-6-5-9-16-13(15)20-14(17)19-11-12-7-3-2-4-8-12/h2-4,7-8H,5-6,9-11H2,1H3,(H2,15,16). The van der Waals surface area contributed by atoms with Gasteiger partial charge in [0.25, 0.3) is 6.02 Å². The molecule has 0 saturated carbocycles. The van der Waals surface area contributed by atoms with E-state index in [0.29, 0.717) is 13.2 Å². The molecule has 0 heterocycles. The number of carbonyl (C=O) groups excluding carboxylic acids is 1. The summed E-state index contributed by atoms with van der Waals surface area (Å²) in [5.41, 5.74) is 6.33. The van der Waals surface area contributed by atoms with Crippen LogP contribution in [0.15, 0.2) is 35.3 Å². The van der Waals surface area contributed by atoms with Crippen molar-refractivity contribution in [2.24, 2.45) is 10.7 Å². The average Bonchev–Trinajstić information content (AvgIpc) is 2.46. The van der Waals surface area contributed by atoms with Gasteiger partial charge in [0.2, 0.25) is 0 Å². The molecule has 20 heavy (non-hydrogen) atoms. The largest absolute Gasteiger partial charge is 0.516 e. The van der Waals surface area contributed by atoms with Crippen LogP contribution in [0.5, 0.6) is 0 Å². The van der Waals surface area contributed by atoms with Crippen molar-refractivity contribution in [3.05, 3.63) is 35.9 Å². The number of nitrogens with two attached hydrogens (primary N) is 1. The predicted octanol–water partition coefficient (Wildman–Crippen LogP) is 2.08. The molecule has 0 bridgehead atoms. The van der Waals surface area contributed by atoms with Crippen LogP contribution in [0.25, 0.3) is 0 Å². The maximum Gasteiger partial charge on any atom is 0.516 e. The molecule has 110 valence electrons. The molecule has 6 heteroatoms. The van der Waals surface area contributed by atoms with Crippen molar-refractivity contribution in [2.45, 2.75) is 19.4 Å². The highest BCUT2D eigenvalue weighted by atomic mass is 16.7. The number of amidine groups is 1. The number of aliphatic imine (C=N–C) groups is 1. The second kappa shape index (κ2) is 9.80. The van der Waals surface area contributed by atoms with Gasteiger partial charge in [-0.1, -0.05) is 30.3 Å². The molecule has 0 radical (unpaired) electrons. The summed E-state index contributed by atoms with van der Waals surface area (Å²) in [6.07, 6.45) is 0.842. The Morgan fingerprint density at radius 2 is 2.00 bits per heavy atom. The van der Waals surface area contributed by atoms with E-state index in [0.717, 1.165) is 18.4 Å². The van der Waals surface area contributed by atoms with Gasteiger partial charge in [0.1, 0.15) is 6.61 Å². The second-order valence-electron chi connectivity index (χ2n) is 4.05. The van der Waals surface area contributed by atoms with Crippen molar-refractivity contribution in [2.75, 3.05) is 20.3 Å². The fourth-order valence-corrected chi connectivity index (χ4v) is 1.41. The number of carbonyl (C=O) groups is 1. The maximum atomic E-state index is 11.3. The Morgan fingerprint density at radius 1 is 1.25 bits per heavy atom. The fraction of sp³-hybridized carbons (Fsp3) is 0.429. The topological polar surface area (TPSA) is 83.1 Å². The third kappa shape index (κ3) is 7.38. The van der Waals surface area contributed by atoms with Gasteiger partial charge in [-0.05, 0) is 18.4 Å². The zero-order valence-corrected chi connectivity index (χ0v) is 11.6. The molecule has 1 aromatic carbocycles. The van der Waals surface area contributed by atoms with Gasteiger partial charge in [-0.15, -0.1) is 0 Å². The van der Waals surface area contributed by atoms with Gasteiger partial charge in [0.15, 0.2) is 0 Å². The normalized spacial score (nSPS) is 11.2. The molecular formula is C14H20N2O4. The van der Waals surface area contributed by atoms with Gasteiger partial charge in [-0.2, -0.15) is 0 Å². The Hall–Kier alpha value is -2.08. The summed E-state index contributed by atoms with van der Waals surface area (Å²) in [7, 11) is 1.64. The number of benzene rings is 1. The van der Waals surface area contributed by atoms with E-state index in [1.165, 1.54) is 0 Å². The molecule has 0 spiro atoms. The highest BCUT2D eigenvalue weighted by molar-refractivity contribution is 5.82. The van der Waals surface area contributed by atoms with Crippen LogP contribution in [-0.4, -0.2) is 32.4 Å². The maximum absolute atomic E-state index is 11.3. The van der Waals surface area contributed by atoms with Crippen molar-refractivity contribution < 1.29 is 19.0 Å². The summed E-state index contributed by atoms with van der Waals surface area (Å²) in [6, 6.07) is 9.12. The van der Waals surface area contributed by atoms with E-state index in [4.69, 9.17) is 19.9 Å². The van der Waals surface area contributed by atoms with Gasteiger partial charge in [-0.25, -0.2) is 9.79 Å². The molecule has 2 N–H and O–H groups in total. The summed E-state index contributed by atoms with van der Waals surface area (Å²) < 4.78 is 14.5. The summed E-state index contributed by atoms with van der Waals surface area (Å²) >= 11 is 0. The monoisotopic (exact) mass is 280 g/mol. The van der Waals surface area contributed by atoms with Crippen molar-refractivity contribution in [3.63, 3.8) is 0 Å². The number of hydrogen-bond acceptors (Lipinski definition) is 5. The van der Waals surface area contributed by atoms with E-state index in [1.807, 2.05) is 30.3 Å². The quantitative estimate of drug-likeness (QED) is 0.358. The van der Waals surface area contributed by atoms with E-state index < -0.39 is 6.16 Å². The second-order valence-corrected chi connectivity index (χ2v) is 4.05. The van der Waals surface area contributed by atoms with Crippen LogP contribution in [0.1, 0.15) is 18.4 Å². The molecular weight excluding hydrogens is 260 g/mol. The first-order valence-corrected chi connectivity index (χ1v) is 6.39. The minimum absolute atomic E-state index is 0.140. The first-order valence-electron chi connectivity index (χ1n) is 6.39. The minimum Gasteiger partial charge on any atom is -0.429 e. The highest BCUT2D eigenvalue weighted by Crippen LogP contribution is 2.01. The van der Waals surface area contributed by atoms with E-state index in [-0.39, 0.29) is 12.6 Å².